The van der Waals surface area contributed by atoms with E-state index in [1.807, 2.05) is 6.92 Å². The lowest BCUT2D eigenvalue weighted by Crippen LogP contribution is -2.13. The van der Waals surface area contributed by atoms with Gasteiger partial charge < -0.3 is 0 Å². The predicted molar refractivity (Wildman–Crippen MR) is 78.5 cm³/mol. The van der Waals surface area contributed by atoms with Crippen molar-refractivity contribution in [2.24, 2.45) is 0 Å². The highest BCUT2D eigenvalue weighted by atomic mass is 127. The molecule has 6 heteroatoms. The lowest BCUT2D eigenvalue weighted by atomic mass is 10.2. The average Bonchev–Trinajstić information content (AvgIpc) is 2.71. The van der Waals surface area contributed by atoms with Gasteiger partial charge in [-0.15, -0.1) is 0 Å². The third kappa shape index (κ3) is 2.31. The highest BCUT2D eigenvalue weighted by molar-refractivity contribution is 14.1. The van der Waals surface area contributed by atoms with E-state index in [0.717, 1.165) is 11.3 Å². The first-order valence-corrected chi connectivity index (χ1v) is 8.34. The fourth-order valence-electron chi connectivity index (χ4n) is 1.63. The zero-order valence-corrected chi connectivity index (χ0v) is 13.1. The summed E-state index contributed by atoms with van der Waals surface area (Å²) in [7, 11) is -3.52. The first kappa shape index (κ1) is 13.5. The molecule has 0 spiro atoms. The molecule has 18 heavy (non-hydrogen) atoms. The number of hydrogen-bond acceptors (Lipinski definition) is 3. The van der Waals surface area contributed by atoms with Crippen molar-refractivity contribution < 1.29 is 8.42 Å². The van der Waals surface area contributed by atoms with Gasteiger partial charge in [-0.1, -0.05) is 40.3 Å². The molecule has 0 fully saturated rings. The molecule has 0 aliphatic rings. The van der Waals surface area contributed by atoms with Crippen molar-refractivity contribution >= 4 is 32.6 Å². The normalized spacial score (nSPS) is 11.7. The predicted octanol–water partition coefficient (Wildman–Crippen LogP) is 2.67. The van der Waals surface area contributed by atoms with Crippen molar-refractivity contribution in [2.75, 3.05) is 0 Å². The second-order valence-electron chi connectivity index (χ2n) is 4.02. The van der Waals surface area contributed by atoms with Gasteiger partial charge in [0.25, 0.3) is 10.0 Å². The number of rotatable bonds is 3. The van der Waals surface area contributed by atoms with E-state index in [9.17, 15) is 8.42 Å². The second kappa shape index (κ2) is 5.00. The van der Waals surface area contributed by atoms with Crippen molar-refractivity contribution in [3.05, 3.63) is 47.5 Å². The molecule has 0 unspecified atom stereocenters. The van der Waals surface area contributed by atoms with Gasteiger partial charge in [0.2, 0.25) is 0 Å². The number of alkyl halides is 1. The zero-order valence-electron chi connectivity index (χ0n) is 10.1. The van der Waals surface area contributed by atoms with Crippen LogP contribution in [0.25, 0.3) is 0 Å². The topological polar surface area (TPSA) is 52.0 Å². The van der Waals surface area contributed by atoms with Crippen LogP contribution in [0.15, 0.2) is 35.5 Å². The Morgan fingerprint density at radius 1 is 1.22 bits per heavy atom. The molecule has 0 aliphatic carbocycles. The molecule has 0 bridgehead atoms. The van der Waals surface area contributed by atoms with Crippen LogP contribution in [0.2, 0.25) is 0 Å². The zero-order chi connectivity index (χ0) is 13.3. The standard InChI is InChI=1S/C12H13IN2O2S/c1-9-3-5-11(6-4-9)18(16,17)15-8-14-12(7-13)10(15)2/h3-6,8H,7H2,1-2H3. The Balaban J connectivity index is 2.54. The third-order valence-electron chi connectivity index (χ3n) is 2.77. The van der Waals surface area contributed by atoms with Crippen LogP contribution < -0.4 is 0 Å². The summed E-state index contributed by atoms with van der Waals surface area (Å²) in [6, 6.07) is 6.82. The van der Waals surface area contributed by atoms with Crippen LogP contribution >= 0.6 is 22.6 Å². The molecular formula is C12H13IN2O2S. The Morgan fingerprint density at radius 3 is 2.33 bits per heavy atom. The molecule has 0 radical (unpaired) electrons. The van der Waals surface area contributed by atoms with Crippen molar-refractivity contribution in [3.63, 3.8) is 0 Å². The fraction of sp³-hybridized carbons (Fsp3) is 0.250. The molecule has 2 aromatic rings. The van der Waals surface area contributed by atoms with Gasteiger partial charge in [-0.05, 0) is 26.0 Å². The number of nitrogens with zero attached hydrogens (tertiary/aromatic N) is 2. The molecule has 2 rings (SSSR count). The van der Waals surface area contributed by atoms with Gasteiger partial charge in [-0.3, -0.25) is 0 Å². The summed E-state index contributed by atoms with van der Waals surface area (Å²) in [5.74, 6) is 0. The number of aryl methyl sites for hydroxylation is 1. The molecule has 0 saturated heterocycles. The number of aromatic nitrogens is 2. The van der Waals surface area contributed by atoms with E-state index < -0.39 is 10.0 Å². The first-order chi connectivity index (χ1) is 8.46. The molecule has 0 aliphatic heterocycles. The van der Waals surface area contributed by atoms with Crippen LogP contribution in [0.3, 0.4) is 0 Å². The van der Waals surface area contributed by atoms with E-state index >= 15 is 0 Å². The van der Waals surface area contributed by atoms with Gasteiger partial charge in [-0.25, -0.2) is 17.4 Å². The summed E-state index contributed by atoms with van der Waals surface area (Å²) in [6.45, 7) is 3.69. The van der Waals surface area contributed by atoms with Crippen LogP contribution in [0.5, 0.6) is 0 Å². The maximum Gasteiger partial charge on any atom is 0.269 e. The van der Waals surface area contributed by atoms with E-state index in [1.54, 1.807) is 31.2 Å². The van der Waals surface area contributed by atoms with E-state index in [0.29, 0.717) is 10.1 Å². The van der Waals surface area contributed by atoms with Crippen LogP contribution in [0.1, 0.15) is 17.0 Å². The Hall–Kier alpha value is -0.890. The molecular weight excluding hydrogens is 363 g/mol. The SMILES string of the molecule is Cc1ccc(S(=O)(=O)n2cnc(CI)c2C)cc1. The van der Waals surface area contributed by atoms with Crippen molar-refractivity contribution in [3.8, 4) is 0 Å². The number of halogens is 1. The molecule has 0 amide bonds. The van der Waals surface area contributed by atoms with Crippen molar-refractivity contribution in [2.45, 2.75) is 23.2 Å². The van der Waals surface area contributed by atoms with E-state index in [4.69, 9.17) is 0 Å². The molecule has 0 atom stereocenters. The lowest BCUT2D eigenvalue weighted by Gasteiger charge is -2.07. The Morgan fingerprint density at radius 2 is 1.83 bits per heavy atom. The van der Waals surface area contributed by atoms with E-state index in [2.05, 4.69) is 27.6 Å². The Bertz CT molecular complexity index is 660. The second-order valence-corrected chi connectivity index (χ2v) is 6.60. The maximum atomic E-state index is 12.4. The third-order valence-corrected chi connectivity index (χ3v) is 5.25. The molecule has 1 aromatic carbocycles. The van der Waals surface area contributed by atoms with Crippen molar-refractivity contribution in [1.82, 2.24) is 8.96 Å². The first-order valence-electron chi connectivity index (χ1n) is 5.38. The minimum Gasteiger partial charge on any atom is -0.240 e. The van der Waals surface area contributed by atoms with Crippen LogP contribution in [0.4, 0.5) is 0 Å². The Kier molecular flexibility index (Phi) is 3.76. The summed E-state index contributed by atoms with van der Waals surface area (Å²) in [5.41, 5.74) is 2.50. The van der Waals surface area contributed by atoms with Gasteiger partial charge >= 0.3 is 0 Å². The van der Waals surface area contributed by atoms with Gasteiger partial charge in [0.05, 0.1) is 16.3 Å². The quantitative estimate of drug-likeness (QED) is 0.612. The largest absolute Gasteiger partial charge is 0.269 e. The molecule has 0 N–H and O–H groups in total. The van der Waals surface area contributed by atoms with Crippen LogP contribution in [0, 0.1) is 13.8 Å². The summed E-state index contributed by atoms with van der Waals surface area (Å²) < 4.78 is 26.8. The summed E-state index contributed by atoms with van der Waals surface area (Å²) in [4.78, 5) is 4.41. The van der Waals surface area contributed by atoms with Crippen LogP contribution in [-0.2, 0) is 14.5 Å². The van der Waals surface area contributed by atoms with Gasteiger partial charge in [0, 0.05) is 4.43 Å². The highest BCUT2D eigenvalue weighted by Gasteiger charge is 2.20. The average molecular weight is 376 g/mol. The van der Waals surface area contributed by atoms with Gasteiger partial charge in [0.1, 0.15) is 6.33 Å². The highest BCUT2D eigenvalue weighted by Crippen LogP contribution is 2.19. The number of benzene rings is 1. The number of imidazole rings is 1. The number of hydrogen-bond donors (Lipinski definition) is 0. The van der Waals surface area contributed by atoms with E-state index in [-0.39, 0.29) is 4.90 Å². The van der Waals surface area contributed by atoms with Crippen LogP contribution in [-0.4, -0.2) is 17.4 Å². The molecule has 1 aromatic heterocycles. The monoisotopic (exact) mass is 376 g/mol. The maximum absolute atomic E-state index is 12.4. The molecule has 0 saturated carbocycles. The van der Waals surface area contributed by atoms with Gasteiger partial charge in [-0.2, -0.15) is 0 Å². The van der Waals surface area contributed by atoms with Gasteiger partial charge in [0.15, 0.2) is 0 Å². The summed E-state index contributed by atoms with van der Waals surface area (Å²) in [6.07, 6.45) is 1.37. The minimum absolute atomic E-state index is 0.286. The fourth-order valence-corrected chi connectivity index (χ4v) is 3.72. The van der Waals surface area contributed by atoms with E-state index in [1.165, 1.54) is 10.3 Å². The molecule has 1 heterocycles. The molecule has 96 valence electrons. The Labute approximate surface area is 120 Å². The minimum atomic E-state index is -3.52. The lowest BCUT2D eigenvalue weighted by molar-refractivity contribution is 0.586. The van der Waals surface area contributed by atoms with Crippen molar-refractivity contribution in [1.29, 1.82) is 0 Å². The summed E-state index contributed by atoms with van der Waals surface area (Å²) in [5, 5.41) is 0. The molecule has 4 nitrogen and oxygen atoms in total. The smallest absolute Gasteiger partial charge is 0.240 e. The summed E-state index contributed by atoms with van der Waals surface area (Å²) >= 11 is 2.17.